The van der Waals surface area contributed by atoms with Gasteiger partial charge in [-0.3, -0.25) is 0 Å². The third kappa shape index (κ3) is 2.47. The van der Waals surface area contributed by atoms with Crippen LogP contribution in [-0.4, -0.2) is 11.7 Å². The van der Waals surface area contributed by atoms with Crippen molar-refractivity contribution in [2.45, 2.75) is 25.9 Å². The van der Waals surface area contributed by atoms with Crippen molar-refractivity contribution in [3.8, 4) is 0 Å². The lowest BCUT2D eigenvalue weighted by molar-refractivity contribution is 0.0914. The van der Waals surface area contributed by atoms with Crippen molar-refractivity contribution in [2.24, 2.45) is 0 Å². The van der Waals surface area contributed by atoms with Gasteiger partial charge in [0, 0.05) is 10.0 Å². The van der Waals surface area contributed by atoms with E-state index in [0.29, 0.717) is 12.4 Å². The summed E-state index contributed by atoms with van der Waals surface area (Å²) in [5.41, 5.74) is 2.03. The molecule has 3 heteroatoms. The van der Waals surface area contributed by atoms with E-state index in [2.05, 4.69) is 15.9 Å². The summed E-state index contributed by atoms with van der Waals surface area (Å²) in [4.78, 5) is 0. The number of rotatable bonds is 2. The highest BCUT2D eigenvalue weighted by atomic mass is 79.9. The van der Waals surface area contributed by atoms with E-state index in [1.54, 1.807) is 0 Å². The molecule has 1 unspecified atom stereocenters. The van der Waals surface area contributed by atoms with Gasteiger partial charge in [-0.15, -0.1) is 0 Å². The van der Waals surface area contributed by atoms with Crippen LogP contribution in [0.4, 0.5) is 0 Å². The highest BCUT2D eigenvalue weighted by molar-refractivity contribution is 9.10. The molecule has 1 aromatic carbocycles. The molecule has 2 rings (SSSR count). The third-order valence-corrected chi connectivity index (χ3v) is 3.37. The van der Waals surface area contributed by atoms with Crippen LogP contribution in [-0.2, 0) is 4.74 Å². The Morgan fingerprint density at radius 1 is 1.44 bits per heavy atom. The minimum Gasteiger partial charge on any atom is -0.495 e. The maximum absolute atomic E-state index is 10.2. The van der Waals surface area contributed by atoms with Gasteiger partial charge in [-0.05, 0) is 37.5 Å². The molecule has 0 amide bonds. The predicted octanol–water partition coefficient (Wildman–Crippen LogP) is 3.49. The fourth-order valence-electron chi connectivity index (χ4n) is 1.77. The Bertz CT molecular complexity index is 412. The maximum Gasteiger partial charge on any atom is 0.137 e. The molecule has 1 aromatic rings. The lowest BCUT2D eigenvalue weighted by Gasteiger charge is -2.21. The van der Waals surface area contributed by atoms with Crippen LogP contribution >= 0.6 is 15.9 Å². The Labute approximate surface area is 104 Å². The van der Waals surface area contributed by atoms with E-state index in [0.717, 1.165) is 22.9 Å². The number of aryl methyl sites for hydroxylation is 1. The van der Waals surface area contributed by atoms with Gasteiger partial charge in [-0.25, -0.2) is 0 Å². The fourth-order valence-corrected chi connectivity index (χ4v) is 2.48. The molecule has 0 saturated carbocycles. The van der Waals surface area contributed by atoms with Crippen LogP contribution in [0.2, 0.25) is 0 Å². The van der Waals surface area contributed by atoms with E-state index >= 15 is 0 Å². The number of aliphatic hydroxyl groups is 1. The largest absolute Gasteiger partial charge is 0.495 e. The van der Waals surface area contributed by atoms with E-state index in [1.165, 1.54) is 5.56 Å². The Kier molecular flexibility index (Phi) is 3.66. The molecule has 0 fully saturated rings. The van der Waals surface area contributed by atoms with Gasteiger partial charge in [0.15, 0.2) is 0 Å². The molecule has 16 heavy (non-hydrogen) atoms. The van der Waals surface area contributed by atoms with Crippen molar-refractivity contribution in [1.82, 2.24) is 0 Å². The Balaban J connectivity index is 2.26. The molecule has 0 bridgehead atoms. The van der Waals surface area contributed by atoms with Crippen LogP contribution in [0.25, 0.3) is 0 Å². The molecular weight excluding hydrogens is 268 g/mol. The Morgan fingerprint density at radius 2 is 2.25 bits per heavy atom. The van der Waals surface area contributed by atoms with Crippen LogP contribution in [0.15, 0.2) is 34.5 Å². The smallest absolute Gasteiger partial charge is 0.137 e. The van der Waals surface area contributed by atoms with Crippen molar-refractivity contribution in [3.05, 3.63) is 45.6 Å². The van der Waals surface area contributed by atoms with Gasteiger partial charge in [-0.2, -0.15) is 0 Å². The van der Waals surface area contributed by atoms with Gasteiger partial charge >= 0.3 is 0 Å². The standard InChI is InChI=1S/C13H15BrO2/c1-9-5-6-10(11(14)8-9)13(15)12-4-2-3-7-16-12/h4-6,8,13,15H,2-3,7H2,1H3. The summed E-state index contributed by atoms with van der Waals surface area (Å²) in [6.45, 7) is 2.73. The number of halogens is 1. The van der Waals surface area contributed by atoms with Crippen LogP contribution in [0.1, 0.15) is 30.1 Å². The van der Waals surface area contributed by atoms with Crippen LogP contribution in [0, 0.1) is 6.92 Å². The third-order valence-electron chi connectivity index (χ3n) is 2.68. The van der Waals surface area contributed by atoms with E-state index in [-0.39, 0.29) is 0 Å². The second kappa shape index (κ2) is 5.02. The van der Waals surface area contributed by atoms with E-state index in [4.69, 9.17) is 4.74 Å². The van der Waals surface area contributed by atoms with Gasteiger partial charge in [0.2, 0.25) is 0 Å². The average molecular weight is 283 g/mol. The van der Waals surface area contributed by atoms with Crippen LogP contribution in [0.3, 0.4) is 0 Å². The van der Waals surface area contributed by atoms with Gasteiger partial charge in [0.05, 0.1) is 6.61 Å². The normalized spacial score (nSPS) is 17.6. The summed E-state index contributed by atoms with van der Waals surface area (Å²) in [5.74, 6) is 0.677. The minimum atomic E-state index is -0.657. The molecule has 1 atom stereocenters. The minimum absolute atomic E-state index is 0.657. The molecule has 1 aliphatic heterocycles. The highest BCUT2D eigenvalue weighted by Crippen LogP contribution is 2.31. The number of benzene rings is 1. The summed E-state index contributed by atoms with van der Waals surface area (Å²) in [5, 5.41) is 10.2. The summed E-state index contributed by atoms with van der Waals surface area (Å²) >= 11 is 3.47. The number of hydrogen-bond acceptors (Lipinski definition) is 2. The first-order valence-corrected chi connectivity index (χ1v) is 6.25. The fraction of sp³-hybridized carbons (Fsp3) is 0.385. The first kappa shape index (κ1) is 11.7. The Hall–Kier alpha value is -0.800. The van der Waals surface area contributed by atoms with Crippen LogP contribution < -0.4 is 0 Å². The molecule has 0 radical (unpaired) electrons. The lowest BCUT2D eigenvalue weighted by atomic mass is 10.0. The molecular formula is C13H15BrO2. The van der Waals surface area contributed by atoms with Crippen molar-refractivity contribution in [3.63, 3.8) is 0 Å². The van der Waals surface area contributed by atoms with Gasteiger partial charge in [0.1, 0.15) is 11.9 Å². The SMILES string of the molecule is Cc1ccc(C(O)C2=CCCCO2)c(Br)c1. The average Bonchev–Trinajstić information content (AvgIpc) is 2.29. The number of ether oxygens (including phenoxy) is 1. The molecule has 1 aliphatic rings. The highest BCUT2D eigenvalue weighted by Gasteiger charge is 2.19. The zero-order valence-electron chi connectivity index (χ0n) is 9.24. The second-order valence-electron chi connectivity index (χ2n) is 4.02. The number of aliphatic hydroxyl groups excluding tert-OH is 1. The molecule has 0 spiro atoms. The topological polar surface area (TPSA) is 29.5 Å². The van der Waals surface area contributed by atoms with Crippen molar-refractivity contribution in [2.75, 3.05) is 6.61 Å². The van der Waals surface area contributed by atoms with Crippen molar-refractivity contribution < 1.29 is 9.84 Å². The molecule has 0 aromatic heterocycles. The van der Waals surface area contributed by atoms with Crippen LogP contribution in [0.5, 0.6) is 0 Å². The predicted molar refractivity (Wildman–Crippen MR) is 67.1 cm³/mol. The molecule has 1 N–H and O–H groups in total. The second-order valence-corrected chi connectivity index (χ2v) is 4.88. The molecule has 86 valence electrons. The lowest BCUT2D eigenvalue weighted by Crippen LogP contribution is -2.10. The zero-order valence-corrected chi connectivity index (χ0v) is 10.8. The first-order chi connectivity index (χ1) is 7.68. The molecule has 2 nitrogen and oxygen atoms in total. The molecule has 0 saturated heterocycles. The maximum atomic E-state index is 10.2. The van der Waals surface area contributed by atoms with E-state index < -0.39 is 6.10 Å². The molecule has 0 aliphatic carbocycles. The van der Waals surface area contributed by atoms with Gasteiger partial charge in [0.25, 0.3) is 0 Å². The van der Waals surface area contributed by atoms with Crippen molar-refractivity contribution >= 4 is 15.9 Å². The summed E-state index contributed by atoms with van der Waals surface area (Å²) in [6.07, 6.45) is 3.33. The van der Waals surface area contributed by atoms with Gasteiger partial charge in [-0.1, -0.05) is 28.1 Å². The molecule has 1 heterocycles. The number of hydrogen-bond donors (Lipinski definition) is 1. The van der Waals surface area contributed by atoms with E-state index in [1.807, 2.05) is 31.2 Å². The zero-order chi connectivity index (χ0) is 11.5. The van der Waals surface area contributed by atoms with Gasteiger partial charge < -0.3 is 9.84 Å². The summed E-state index contributed by atoms with van der Waals surface area (Å²) in [6, 6.07) is 5.93. The first-order valence-electron chi connectivity index (χ1n) is 5.45. The van der Waals surface area contributed by atoms with E-state index in [9.17, 15) is 5.11 Å². The van der Waals surface area contributed by atoms with Crippen molar-refractivity contribution in [1.29, 1.82) is 0 Å². The monoisotopic (exact) mass is 282 g/mol. The number of allylic oxidation sites excluding steroid dienone is 1. The Morgan fingerprint density at radius 3 is 2.88 bits per heavy atom. The summed E-state index contributed by atoms with van der Waals surface area (Å²) in [7, 11) is 0. The quantitative estimate of drug-likeness (QED) is 0.900. The summed E-state index contributed by atoms with van der Waals surface area (Å²) < 4.78 is 6.40.